The van der Waals surface area contributed by atoms with Gasteiger partial charge in [0, 0.05) is 12.5 Å². The Hall–Kier alpha value is -1.38. The van der Waals surface area contributed by atoms with Crippen molar-refractivity contribution in [1.29, 1.82) is 0 Å². The number of aryl methyl sites for hydroxylation is 1. The number of amides is 1. The Bertz CT molecular complexity index is 363. The van der Waals surface area contributed by atoms with Crippen LogP contribution >= 0.6 is 0 Å². The smallest absolute Gasteiger partial charge is 0.254 e. The predicted molar refractivity (Wildman–Crippen MR) is 73.1 cm³/mol. The zero-order chi connectivity index (χ0) is 13.2. The molecule has 1 rings (SSSR count). The molecule has 0 aromatic carbocycles. The molecule has 1 heterocycles. The molecule has 1 amide bonds. The molecule has 18 heavy (non-hydrogen) atoms. The van der Waals surface area contributed by atoms with Gasteiger partial charge in [-0.15, -0.1) is 0 Å². The molecule has 100 valence electrons. The second-order valence-electron chi connectivity index (χ2n) is 4.82. The van der Waals surface area contributed by atoms with Crippen molar-refractivity contribution in [3.63, 3.8) is 0 Å². The van der Waals surface area contributed by atoms with E-state index in [1.807, 2.05) is 23.0 Å². The van der Waals surface area contributed by atoms with Crippen LogP contribution in [-0.4, -0.2) is 5.91 Å². The average Bonchev–Trinajstić information content (AvgIpc) is 2.38. The van der Waals surface area contributed by atoms with Crippen molar-refractivity contribution in [2.24, 2.45) is 5.73 Å². The van der Waals surface area contributed by atoms with E-state index in [0.29, 0.717) is 5.56 Å². The normalized spacial score (nSPS) is 10.5. The maximum Gasteiger partial charge on any atom is 0.254 e. The summed E-state index contributed by atoms with van der Waals surface area (Å²) in [5, 5.41) is 0. The van der Waals surface area contributed by atoms with Crippen molar-refractivity contribution < 1.29 is 9.36 Å². The van der Waals surface area contributed by atoms with Gasteiger partial charge in [0.25, 0.3) is 5.91 Å². The van der Waals surface area contributed by atoms with Crippen molar-refractivity contribution in [2.45, 2.75) is 58.4 Å². The Morgan fingerprint density at radius 2 is 1.83 bits per heavy atom. The number of nitrogens with zero attached hydrogens (tertiary/aromatic N) is 1. The minimum Gasteiger partial charge on any atom is -0.365 e. The molecule has 0 saturated heterocycles. The number of pyridine rings is 1. The van der Waals surface area contributed by atoms with E-state index >= 15 is 0 Å². The summed E-state index contributed by atoms with van der Waals surface area (Å²) < 4.78 is 2.05. The van der Waals surface area contributed by atoms with Gasteiger partial charge in [0.2, 0.25) is 0 Å². The van der Waals surface area contributed by atoms with Gasteiger partial charge in [-0.2, -0.15) is 0 Å². The Morgan fingerprint density at radius 1 is 1.17 bits per heavy atom. The lowest BCUT2D eigenvalue weighted by atomic mass is 10.1. The Kier molecular flexibility index (Phi) is 7.07. The third kappa shape index (κ3) is 5.80. The molecule has 0 aliphatic rings. The number of nitrogens with two attached hydrogens (primary N) is 1. The van der Waals surface area contributed by atoms with E-state index < -0.39 is 0 Å². The van der Waals surface area contributed by atoms with Gasteiger partial charge in [-0.1, -0.05) is 39.0 Å². The molecule has 3 heteroatoms. The minimum absolute atomic E-state index is 0.357. The van der Waals surface area contributed by atoms with Gasteiger partial charge in [-0.05, 0) is 12.5 Å². The zero-order valence-corrected chi connectivity index (χ0v) is 11.4. The summed E-state index contributed by atoms with van der Waals surface area (Å²) in [6.45, 7) is 3.21. The van der Waals surface area contributed by atoms with Crippen LogP contribution in [0.4, 0.5) is 0 Å². The number of hydrogen-bond acceptors (Lipinski definition) is 1. The molecule has 0 saturated carbocycles. The second kappa shape index (κ2) is 8.67. The summed E-state index contributed by atoms with van der Waals surface area (Å²) in [7, 11) is 0. The molecule has 2 N–H and O–H groups in total. The first-order valence-corrected chi connectivity index (χ1v) is 7.03. The number of rotatable bonds is 9. The van der Waals surface area contributed by atoms with Crippen LogP contribution in [0.1, 0.15) is 62.2 Å². The first-order chi connectivity index (χ1) is 8.74. The zero-order valence-electron chi connectivity index (χ0n) is 11.4. The van der Waals surface area contributed by atoms with Gasteiger partial charge >= 0.3 is 0 Å². The Balaban J connectivity index is 2.19. The molecule has 0 fully saturated rings. The van der Waals surface area contributed by atoms with Crippen LogP contribution < -0.4 is 10.3 Å². The summed E-state index contributed by atoms with van der Waals surface area (Å²) in [4.78, 5) is 11.0. The van der Waals surface area contributed by atoms with Crippen LogP contribution in [0.15, 0.2) is 24.5 Å². The fraction of sp³-hybridized carbons (Fsp3) is 0.600. The van der Waals surface area contributed by atoms with Crippen molar-refractivity contribution in [1.82, 2.24) is 0 Å². The SMILES string of the molecule is CCCCCCCCC[n+]1cccc(C(N)=O)c1. The van der Waals surface area contributed by atoms with Crippen LogP contribution in [0.2, 0.25) is 0 Å². The third-order valence-corrected chi connectivity index (χ3v) is 3.16. The van der Waals surface area contributed by atoms with Crippen molar-refractivity contribution in [3.8, 4) is 0 Å². The molecular weight excluding hydrogens is 224 g/mol. The summed E-state index contributed by atoms with van der Waals surface area (Å²) in [6, 6.07) is 3.63. The van der Waals surface area contributed by atoms with Gasteiger partial charge in [-0.25, -0.2) is 4.57 Å². The van der Waals surface area contributed by atoms with Gasteiger partial charge in [0.05, 0.1) is 0 Å². The van der Waals surface area contributed by atoms with Gasteiger partial charge < -0.3 is 5.73 Å². The summed E-state index contributed by atoms with van der Waals surface area (Å²) in [6.07, 6.45) is 12.9. The molecule has 0 spiro atoms. The second-order valence-corrected chi connectivity index (χ2v) is 4.82. The number of aromatic nitrogens is 1. The quantitative estimate of drug-likeness (QED) is 0.531. The van der Waals surface area contributed by atoms with Crippen LogP contribution in [0, 0.1) is 0 Å². The van der Waals surface area contributed by atoms with Gasteiger partial charge in [0.15, 0.2) is 12.4 Å². The molecule has 3 nitrogen and oxygen atoms in total. The highest BCUT2D eigenvalue weighted by Gasteiger charge is 2.06. The van der Waals surface area contributed by atoms with Crippen LogP contribution in [0.25, 0.3) is 0 Å². The van der Waals surface area contributed by atoms with Crippen LogP contribution in [0.3, 0.4) is 0 Å². The van der Waals surface area contributed by atoms with E-state index in [1.165, 1.54) is 44.9 Å². The summed E-state index contributed by atoms with van der Waals surface area (Å²) in [5.41, 5.74) is 5.84. The highest BCUT2D eigenvalue weighted by atomic mass is 16.1. The van der Waals surface area contributed by atoms with Gasteiger partial charge in [0.1, 0.15) is 12.1 Å². The number of carbonyl (C=O) groups excluding carboxylic acids is 1. The van der Waals surface area contributed by atoms with E-state index in [4.69, 9.17) is 5.73 Å². The lowest BCUT2D eigenvalue weighted by Gasteiger charge is -2.00. The molecular formula is C15H25N2O+. The minimum atomic E-state index is -0.357. The predicted octanol–water partition coefficient (Wildman–Crippen LogP) is 2.82. The maximum atomic E-state index is 11.0. The molecule has 1 aromatic heterocycles. The maximum absolute atomic E-state index is 11.0. The van der Waals surface area contributed by atoms with E-state index in [9.17, 15) is 4.79 Å². The van der Waals surface area contributed by atoms with Crippen molar-refractivity contribution >= 4 is 5.91 Å². The number of carbonyl (C=O) groups is 1. The molecule has 0 radical (unpaired) electrons. The van der Waals surface area contributed by atoms with Gasteiger partial charge in [-0.3, -0.25) is 4.79 Å². The van der Waals surface area contributed by atoms with Crippen molar-refractivity contribution in [2.75, 3.05) is 0 Å². The topological polar surface area (TPSA) is 47.0 Å². The van der Waals surface area contributed by atoms with E-state index in [-0.39, 0.29) is 5.91 Å². The van der Waals surface area contributed by atoms with Crippen molar-refractivity contribution in [3.05, 3.63) is 30.1 Å². The molecule has 0 atom stereocenters. The van der Waals surface area contributed by atoms with E-state index in [0.717, 1.165) is 6.54 Å². The summed E-state index contributed by atoms with van der Waals surface area (Å²) in [5.74, 6) is -0.357. The Morgan fingerprint density at radius 3 is 2.50 bits per heavy atom. The largest absolute Gasteiger partial charge is 0.365 e. The number of hydrogen-bond donors (Lipinski definition) is 1. The number of primary amides is 1. The number of unbranched alkanes of at least 4 members (excludes halogenated alkanes) is 6. The molecule has 0 bridgehead atoms. The molecule has 0 unspecified atom stereocenters. The average molecular weight is 249 g/mol. The fourth-order valence-corrected chi connectivity index (χ4v) is 2.06. The lowest BCUT2D eigenvalue weighted by molar-refractivity contribution is -0.697. The standard InChI is InChI=1S/C15H24N2O/c1-2-3-4-5-6-7-8-11-17-12-9-10-14(13-17)15(16)18/h9-10,12-13H,2-8,11H2,1H3,(H-,16,18)/p+1. The van der Waals surface area contributed by atoms with Crippen LogP contribution in [0.5, 0.6) is 0 Å². The molecule has 1 aromatic rings. The summed E-state index contributed by atoms with van der Waals surface area (Å²) >= 11 is 0. The van der Waals surface area contributed by atoms with Crippen LogP contribution in [-0.2, 0) is 6.54 Å². The monoisotopic (exact) mass is 249 g/mol. The Labute approximate surface area is 110 Å². The fourth-order valence-electron chi connectivity index (χ4n) is 2.06. The lowest BCUT2D eigenvalue weighted by Crippen LogP contribution is -2.34. The van der Waals surface area contributed by atoms with E-state index in [1.54, 1.807) is 6.07 Å². The first kappa shape index (κ1) is 14.7. The van der Waals surface area contributed by atoms with E-state index in [2.05, 4.69) is 6.92 Å². The highest BCUT2D eigenvalue weighted by molar-refractivity contribution is 5.92. The highest BCUT2D eigenvalue weighted by Crippen LogP contribution is 2.06. The first-order valence-electron chi connectivity index (χ1n) is 7.03. The molecule has 0 aliphatic carbocycles. The third-order valence-electron chi connectivity index (χ3n) is 3.16. The molecule has 0 aliphatic heterocycles.